The van der Waals surface area contributed by atoms with Gasteiger partial charge in [-0.05, 0) is 51.9 Å². The molecule has 1 aliphatic carbocycles. The van der Waals surface area contributed by atoms with Crippen molar-refractivity contribution in [1.82, 2.24) is 9.80 Å². The Morgan fingerprint density at radius 1 is 0.800 bits per heavy atom. The van der Waals surface area contributed by atoms with Crippen LogP contribution in [0.1, 0.15) is 51.9 Å². The van der Waals surface area contributed by atoms with E-state index < -0.39 is 0 Å². The van der Waals surface area contributed by atoms with Crippen molar-refractivity contribution >= 4 is 11.8 Å². The van der Waals surface area contributed by atoms with Gasteiger partial charge in [-0.3, -0.25) is 9.59 Å². The van der Waals surface area contributed by atoms with Crippen LogP contribution in [0.2, 0.25) is 0 Å². The van der Waals surface area contributed by atoms with Gasteiger partial charge in [0.2, 0.25) is 11.8 Å². The van der Waals surface area contributed by atoms with Crippen LogP contribution in [0.4, 0.5) is 0 Å². The summed E-state index contributed by atoms with van der Waals surface area (Å²) in [5.74, 6) is 1.14. The van der Waals surface area contributed by atoms with Gasteiger partial charge in [-0.1, -0.05) is 0 Å². The molecule has 3 fully saturated rings. The maximum atomic E-state index is 12.6. The number of carbonyl (C=O) groups excluding carboxylic acids is 2. The van der Waals surface area contributed by atoms with E-state index in [0.717, 1.165) is 58.2 Å². The van der Waals surface area contributed by atoms with Crippen LogP contribution in [0, 0.1) is 11.8 Å². The smallest absolute Gasteiger partial charge is 0.226 e. The summed E-state index contributed by atoms with van der Waals surface area (Å²) in [6, 6.07) is 0.405. The number of rotatable bonds is 2. The zero-order chi connectivity index (χ0) is 14.1. The van der Waals surface area contributed by atoms with Gasteiger partial charge in [0, 0.05) is 37.5 Å². The summed E-state index contributed by atoms with van der Waals surface area (Å²) in [5, 5.41) is 0. The first kappa shape index (κ1) is 13.9. The SMILES string of the molecule is CC1CCCCN1C(=O)C1CCN(C(=O)C2CC2)CC1. The highest BCUT2D eigenvalue weighted by atomic mass is 16.2. The summed E-state index contributed by atoms with van der Waals surface area (Å²) < 4.78 is 0. The Morgan fingerprint density at radius 2 is 1.45 bits per heavy atom. The maximum absolute atomic E-state index is 12.6. The fourth-order valence-electron chi connectivity index (χ4n) is 3.60. The van der Waals surface area contributed by atoms with Gasteiger partial charge < -0.3 is 9.80 Å². The van der Waals surface area contributed by atoms with Gasteiger partial charge in [0.1, 0.15) is 0 Å². The standard InChI is InChI=1S/C16H26N2O2/c1-12-4-2-3-9-18(12)16(20)14-7-10-17(11-8-14)15(19)13-5-6-13/h12-14H,2-11H2,1H3. The fraction of sp³-hybridized carbons (Fsp3) is 0.875. The molecule has 0 bridgehead atoms. The van der Waals surface area contributed by atoms with Crippen LogP contribution < -0.4 is 0 Å². The predicted octanol–water partition coefficient (Wildman–Crippen LogP) is 2.04. The highest BCUT2D eigenvalue weighted by molar-refractivity contribution is 5.82. The summed E-state index contributed by atoms with van der Waals surface area (Å²) in [5.41, 5.74) is 0. The molecule has 0 aromatic rings. The molecule has 3 rings (SSSR count). The molecule has 20 heavy (non-hydrogen) atoms. The van der Waals surface area contributed by atoms with Crippen molar-refractivity contribution in [1.29, 1.82) is 0 Å². The van der Waals surface area contributed by atoms with Crippen molar-refractivity contribution in [2.75, 3.05) is 19.6 Å². The van der Waals surface area contributed by atoms with E-state index in [1.165, 1.54) is 6.42 Å². The van der Waals surface area contributed by atoms with Crippen molar-refractivity contribution in [2.45, 2.75) is 57.9 Å². The number of piperidine rings is 2. The van der Waals surface area contributed by atoms with Gasteiger partial charge in [0.15, 0.2) is 0 Å². The van der Waals surface area contributed by atoms with E-state index >= 15 is 0 Å². The van der Waals surface area contributed by atoms with Crippen molar-refractivity contribution < 1.29 is 9.59 Å². The second kappa shape index (κ2) is 5.74. The second-order valence-corrected chi connectivity index (χ2v) is 6.75. The molecule has 0 aromatic heterocycles. The minimum atomic E-state index is 0.152. The average molecular weight is 278 g/mol. The van der Waals surface area contributed by atoms with Crippen molar-refractivity contribution in [3.05, 3.63) is 0 Å². The molecule has 4 heteroatoms. The zero-order valence-electron chi connectivity index (χ0n) is 12.5. The number of nitrogens with zero attached hydrogens (tertiary/aromatic N) is 2. The molecule has 0 spiro atoms. The molecule has 0 radical (unpaired) electrons. The third-order valence-electron chi connectivity index (χ3n) is 5.17. The Hall–Kier alpha value is -1.06. The summed E-state index contributed by atoms with van der Waals surface area (Å²) in [7, 11) is 0. The average Bonchev–Trinajstić information content (AvgIpc) is 3.31. The van der Waals surface area contributed by atoms with Crippen LogP contribution in [0.15, 0.2) is 0 Å². The van der Waals surface area contributed by atoms with Crippen LogP contribution in [-0.2, 0) is 9.59 Å². The van der Waals surface area contributed by atoms with E-state index in [2.05, 4.69) is 11.8 Å². The Balaban J connectivity index is 1.51. The van der Waals surface area contributed by atoms with Gasteiger partial charge in [0.05, 0.1) is 0 Å². The topological polar surface area (TPSA) is 40.6 Å². The van der Waals surface area contributed by atoms with Crippen LogP contribution in [0.3, 0.4) is 0 Å². The molecule has 3 aliphatic rings. The van der Waals surface area contributed by atoms with Crippen LogP contribution >= 0.6 is 0 Å². The summed E-state index contributed by atoms with van der Waals surface area (Å²) in [6.45, 7) is 4.67. The molecule has 2 heterocycles. The lowest BCUT2D eigenvalue weighted by Crippen LogP contribution is -2.48. The first-order valence-electron chi connectivity index (χ1n) is 8.26. The van der Waals surface area contributed by atoms with E-state index in [9.17, 15) is 9.59 Å². The molecule has 1 saturated carbocycles. The molecule has 2 saturated heterocycles. The Morgan fingerprint density at radius 3 is 2.05 bits per heavy atom. The first-order valence-corrected chi connectivity index (χ1v) is 8.26. The monoisotopic (exact) mass is 278 g/mol. The molecule has 112 valence electrons. The predicted molar refractivity (Wildman–Crippen MR) is 77.1 cm³/mol. The minimum Gasteiger partial charge on any atom is -0.342 e. The second-order valence-electron chi connectivity index (χ2n) is 6.75. The van der Waals surface area contributed by atoms with E-state index in [0.29, 0.717) is 23.8 Å². The van der Waals surface area contributed by atoms with Gasteiger partial charge in [-0.25, -0.2) is 0 Å². The highest BCUT2D eigenvalue weighted by Gasteiger charge is 2.37. The normalized spacial score (nSPS) is 28.6. The molecule has 2 amide bonds. The minimum absolute atomic E-state index is 0.152. The third-order valence-corrected chi connectivity index (χ3v) is 5.17. The van der Waals surface area contributed by atoms with Gasteiger partial charge in [-0.2, -0.15) is 0 Å². The first-order chi connectivity index (χ1) is 9.66. The lowest BCUT2D eigenvalue weighted by molar-refractivity contribution is -0.143. The van der Waals surface area contributed by atoms with Gasteiger partial charge in [-0.15, -0.1) is 0 Å². The quantitative estimate of drug-likeness (QED) is 0.775. The number of amides is 2. The van der Waals surface area contributed by atoms with Crippen molar-refractivity contribution in [2.24, 2.45) is 11.8 Å². The Labute approximate surface area is 121 Å². The van der Waals surface area contributed by atoms with Crippen LogP contribution in [0.25, 0.3) is 0 Å². The largest absolute Gasteiger partial charge is 0.342 e. The number of carbonyl (C=O) groups is 2. The van der Waals surface area contributed by atoms with E-state index in [1.54, 1.807) is 0 Å². The highest BCUT2D eigenvalue weighted by Crippen LogP contribution is 2.33. The van der Waals surface area contributed by atoms with E-state index in [4.69, 9.17) is 0 Å². The molecule has 4 nitrogen and oxygen atoms in total. The number of hydrogen-bond acceptors (Lipinski definition) is 2. The summed E-state index contributed by atoms with van der Waals surface area (Å²) >= 11 is 0. The van der Waals surface area contributed by atoms with Crippen molar-refractivity contribution in [3.8, 4) is 0 Å². The molecule has 1 atom stereocenters. The molecule has 0 aromatic carbocycles. The lowest BCUT2D eigenvalue weighted by atomic mass is 9.92. The Kier molecular flexibility index (Phi) is 3.99. The maximum Gasteiger partial charge on any atom is 0.226 e. The summed E-state index contributed by atoms with van der Waals surface area (Å²) in [4.78, 5) is 28.7. The third kappa shape index (κ3) is 2.84. The van der Waals surface area contributed by atoms with Crippen molar-refractivity contribution in [3.63, 3.8) is 0 Å². The zero-order valence-corrected chi connectivity index (χ0v) is 12.5. The van der Waals surface area contributed by atoms with Crippen LogP contribution in [0.5, 0.6) is 0 Å². The fourth-order valence-corrected chi connectivity index (χ4v) is 3.60. The molecule has 2 aliphatic heterocycles. The molecular formula is C16H26N2O2. The van der Waals surface area contributed by atoms with Gasteiger partial charge in [0.25, 0.3) is 0 Å². The van der Waals surface area contributed by atoms with E-state index in [-0.39, 0.29) is 5.92 Å². The lowest BCUT2D eigenvalue weighted by Gasteiger charge is -2.38. The summed E-state index contributed by atoms with van der Waals surface area (Å²) in [6.07, 6.45) is 7.41. The number of likely N-dealkylation sites (tertiary alicyclic amines) is 2. The van der Waals surface area contributed by atoms with Gasteiger partial charge >= 0.3 is 0 Å². The van der Waals surface area contributed by atoms with E-state index in [1.807, 2.05) is 4.90 Å². The van der Waals surface area contributed by atoms with Crippen LogP contribution in [-0.4, -0.2) is 47.3 Å². The Bertz CT molecular complexity index is 384. The molecule has 1 unspecified atom stereocenters. The molecule has 0 N–H and O–H groups in total. The number of hydrogen-bond donors (Lipinski definition) is 0. The molecular weight excluding hydrogens is 252 g/mol.